The predicted molar refractivity (Wildman–Crippen MR) is 46.9 cm³/mol. The fraction of sp³-hybridized carbons (Fsp3) is 0.714. The molecule has 6 heteroatoms. The van der Waals surface area contributed by atoms with Crippen LogP contribution in [0.25, 0.3) is 0 Å². The van der Waals surface area contributed by atoms with Crippen molar-refractivity contribution in [2.45, 2.75) is 26.2 Å². The summed E-state index contributed by atoms with van der Waals surface area (Å²) in [6.45, 7) is 1.66. The molecule has 0 N–H and O–H groups in total. The van der Waals surface area contributed by atoms with E-state index in [1.807, 2.05) is 0 Å². The number of hydrogen-bond acceptors (Lipinski definition) is 4. The van der Waals surface area contributed by atoms with Crippen LogP contribution < -0.4 is 0 Å². The smallest absolute Gasteiger partial charge is 0.327 e. The molecule has 0 rings (SSSR count). The minimum atomic E-state index is -0.506. The van der Waals surface area contributed by atoms with E-state index in [1.165, 1.54) is 0 Å². The van der Waals surface area contributed by atoms with Gasteiger partial charge >= 0.3 is 11.9 Å². The first kappa shape index (κ1) is 12.5. The molecule has 0 fully saturated rings. The SMILES string of the molecule is CC(CCCC(=O)OCl)C(=O)OCl. The molecule has 0 aliphatic heterocycles. The van der Waals surface area contributed by atoms with E-state index >= 15 is 0 Å². The van der Waals surface area contributed by atoms with E-state index in [9.17, 15) is 9.59 Å². The van der Waals surface area contributed by atoms with Crippen molar-refractivity contribution in [2.24, 2.45) is 5.92 Å². The van der Waals surface area contributed by atoms with Gasteiger partial charge in [0.25, 0.3) is 0 Å². The second-order valence-electron chi connectivity index (χ2n) is 2.64. The van der Waals surface area contributed by atoms with E-state index in [1.54, 1.807) is 6.92 Å². The van der Waals surface area contributed by atoms with Crippen LogP contribution in [-0.2, 0) is 18.2 Å². The number of carbonyl (C=O) groups is 2. The molecule has 0 aromatic rings. The lowest BCUT2D eigenvalue weighted by atomic mass is 10.0. The molecule has 1 unspecified atom stereocenters. The summed E-state index contributed by atoms with van der Waals surface area (Å²) in [7, 11) is 0. The minimum absolute atomic E-state index is 0.184. The van der Waals surface area contributed by atoms with Crippen LogP contribution in [-0.4, -0.2) is 11.9 Å². The first-order chi connectivity index (χ1) is 6.11. The van der Waals surface area contributed by atoms with Gasteiger partial charge in [0.05, 0.1) is 5.92 Å². The molecule has 0 amide bonds. The Kier molecular flexibility index (Phi) is 6.72. The van der Waals surface area contributed by atoms with Crippen molar-refractivity contribution in [3.05, 3.63) is 0 Å². The molecule has 0 aliphatic carbocycles. The van der Waals surface area contributed by atoms with Gasteiger partial charge in [-0.05, 0) is 12.8 Å². The zero-order chi connectivity index (χ0) is 10.3. The van der Waals surface area contributed by atoms with Crippen LogP contribution in [0.3, 0.4) is 0 Å². The molecule has 13 heavy (non-hydrogen) atoms. The summed E-state index contributed by atoms with van der Waals surface area (Å²) in [5.74, 6) is -1.32. The maximum absolute atomic E-state index is 10.8. The van der Waals surface area contributed by atoms with Crippen molar-refractivity contribution >= 4 is 35.7 Å². The Balaban J connectivity index is 3.53. The summed E-state index contributed by atoms with van der Waals surface area (Å²) < 4.78 is 7.90. The number of hydrogen-bond donors (Lipinski definition) is 0. The summed E-state index contributed by atoms with van der Waals surface area (Å²) in [5, 5.41) is 0. The van der Waals surface area contributed by atoms with Gasteiger partial charge in [-0.3, -0.25) is 9.59 Å². The van der Waals surface area contributed by atoms with Gasteiger partial charge in [0.2, 0.25) is 0 Å². The first-order valence-electron chi connectivity index (χ1n) is 3.75. The third-order valence-corrected chi connectivity index (χ3v) is 1.91. The van der Waals surface area contributed by atoms with Gasteiger partial charge in [-0.2, -0.15) is 0 Å². The molecule has 0 aromatic heterocycles. The number of rotatable bonds is 5. The third-order valence-electron chi connectivity index (χ3n) is 1.58. The van der Waals surface area contributed by atoms with Crippen molar-refractivity contribution in [3.8, 4) is 0 Å². The van der Waals surface area contributed by atoms with Crippen molar-refractivity contribution in [1.29, 1.82) is 0 Å². The summed E-state index contributed by atoms with van der Waals surface area (Å²) >= 11 is 9.65. The van der Waals surface area contributed by atoms with Gasteiger partial charge in [-0.1, -0.05) is 6.92 Å². The van der Waals surface area contributed by atoms with Crippen LogP contribution >= 0.6 is 23.7 Å². The van der Waals surface area contributed by atoms with E-state index in [4.69, 9.17) is 23.7 Å². The monoisotopic (exact) mass is 228 g/mol. The van der Waals surface area contributed by atoms with Crippen molar-refractivity contribution in [1.82, 2.24) is 0 Å². The number of carbonyl (C=O) groups excluding carboxylic acids is 2. The highest BCUT2D eigenvalue weighted by Crippen LogP contribution is 2.11. The minimum Gasteiger partial charge on any atom is -0.348 e. The van der Waals surface area contributed by atoms with Gasteiger partial charge < -0.3 is 8.58 Å². The quantitative estimate of drug-likeness (QED) is 0.724. The largest absolute Gasteiger partial charge is 0.348 e. The van der Waals surface area contributed by atoms with Crippen LogP contribution in [0.5, 0.6) is 0 Å². The zero-order valence-electron chi connectivity index (χ0n) is 7.09. The standard InChI is InChI=1S/C7H10Cl2O4/c1-5(7(11)13-9)3-2-4-6(10)12-8/h5H,2-4H2,1H3. The molecule has 0 bridgehead atoms. The Morgan fingerprint density at radius 2 is 1.92 bits per heavy atom. The Morgan fingerprint density at radius 3 is 2.38 bits per heavy atom. The Morgan fingerprint density at radius 1 is 1.31 bits per heavy atom. The van der Waals surface area contributed by atoms with Gasteiger partial charge in [0, 0.05) is 6.42 Å². The molecule has 0 saturated carbocycles. The van der Waals surface area contributed by atoms with Crippen molar-refractivity contribution in [2.75, 3.05) is 0 Å². The fourth-order valence-electron chi connectivity index (χ4n) is 0.785. The summed E-state index contributed by atoms with van der Waals surface area (Å²) in [6, 6.07) is 0. The number of halogens is 2. The Hall–Kier alpha value is -0.480. The molecular weight excluding hydrogens is 219 g/mol. The molecule has 0 spiro atoms. The second-order valence-corrected chi connectivity index (χ2v) is 2.95. The molecule has 4 nitrogen and oxygen atoms in total. The lowest BCUT2D eigenvalue weighted by Crippen LogP contribution is -2.11. The lowest BCUT2D eigenvalue weighted by molar-refractivity contribution is -0.139. The molecule has 0 saturated heterocycles. The summed E-state index contributed by atoms with van der Waals surface area (Å²) in [6.07, 6.45) is 1.21. The third kappa shape index (κ3) is 5.71. The van der Waals surface area contributed by atoms with Crippen LogP contribution in [0.4, 0.5) is 0 Å². The maximum atomic E-state index is 10.8. The molecule has 0 heterocycles. The highest BCUT2D eigenvalue weighted by molar-refractivity contribution is 6.13. The van der Waals surface area contributed by atoms with E-state index in [-0.39, 0.29) is 12.3 Å². The van der Waals surface area contributed by atoms with Crippen molar-refractivity contribution < 1.29 is 18.2 Å². The molecule has 1 atom stereocenters. The average molecular weight is 229 g/mol. The average Bonchev–Trinajstić information content (AvgIpc) is 2.15. The van der Waals surface area contributed by atoms with E-state index in [0.717, 1.165) is 0 Å². The normalized spacial score (nSPS) is 11.9. The highest BCUT2D eigenvalue weighted by atomic mass is 35.5. The molecule has 0 aliphatic rings. The van der Waals surface area contributed by atoms with E-state index in [2.05, 4.69) is 8.58 Å². The van der Waals surface area contributed by atoms with E-state index < -0.39 is 11.9 Å². The van der Waals surface area contributed by atoms with Crippen LogP contribution in [0.2, 0.25) is 0 Å². The summed E-state index contributed by atoms with van der Waals surface area (Å²) in [4.78, 5) is 21.3. The lowest BCUT2D eigenvalue weighted by Gasteiger charge is -2.05. The fourth-order valence-corrected chi connectivity index (χ4v) is 1.01. The first-order valence-corrected chi connectivity index (χ1v) is 4.37. The maximum Gasteiger partial charge on any atom is 0.327 e. The van der Waals surface area contributed by atoms with Crippen molar-refractivity contribution in [3.63, 3.8) is 0 Å². The molecule has 0 radical (unpaired) electrons. The molecular formula is C7H10Cl2O4. The highest BCUT2D eigenvalue weighted by Gasteiger charge is 2.14. The van der Waals surface area contributed by atoms with Crippen LogP contribution in [0.15, 0.2) is 0 Å². The Labute approximate surface area is 86.4 Å². The van der Waals surface area contributed by atoms with Gasteiger partial charge in [0.15, 0.2) is 0 Å². The van der Waals surface area contributed by atoms with Crippen LogP contribution in [0, 0.1) is 5.92 Å². The van der Waals surface area contributed by atoms with Gasteiger partial charge in [-0.15, -0.1) is 0 Å². The molecule has 0 aromatic carbocycles. The topological polar surface area (TPSA) is 52.6 Å². The van der Waals surface area contributed by atoms with Crippen LogP contribution in [0.1, 0.15) is 26.2 Å². The zero-order valence-corrected chi connectivity index (χ0v) is 8.60. The predicted octanol–water partition coefficient (Wildman–Crippen LogP) is 2.19. The Bertz CT molecular complexity index is 183. The summed E-state index contributed by atoms with van der Waals surface area (Å²) in [5.41, 5.74) is 0. The van der Waals surface area contributed by atoms with Gasteiger partial charge in [-0.25, -0.2) is 0 Å². The molecule has 76 valence electrons. The van der Waals surface area contributed by atoms with E-state index in [0.29, 0.717) is 12.8 Å². The second kappa shape index (κ2) is 6.97. The van der Waals surface area contributed by atoms with Gasteiger partial charge in [0.1, 0.15) is 23.7 Å².